The van der Waals surface area contributed by atoms with Gasteiger partial charge in [-0.2, -0.15) is 5.26 Å². The molecular formula is C23H22N4O. The van der Waals surface area contributed by atoms with Crippen molar-refractivity contribution in [1.29, 1.82) is 5.26 Å². The van der Waals surface area contributed by atoms with Crippen LogP contribution in [0.25, 0.3) is 10.9 Å². The first-order valence-corrected chi connectivity index (χ1v) is 9.30. The van der Waals surface area contributed by atoms with Crippen LogP contribution in [0.3, 0.4) is 0 Å². The molecule has 5 nitrogen and oxygen atoms in total. The first-order valence-electron chi connectivity index (χ1n) is 9.30. The third-order valence-corrected chi connectivity index (χ3v) is 4.61. The van der Waals surface area contributed by atoms with Gasteiger partial charge in [-0.1, -0.05) is 50.2 Å². The van der Waals surface area contributed by atoms with Crippen molar-refractivity contribution in [2.75, 3.05) is 10.6 Å². The number of anilines is 2. The minimum atomic E-state index is -0.432. The molecule has 0 fully saturated rings. The normalized spacial score (nSPS) is 11.1. The van der Waals surface area contributed by atoms with E-state index in [1.54, 1.807) is 6.20 Å². The van der Waals surface area contributed by atoms with Gasteiger partial charge < -0.3 is 10.6 Å². The summed E-state index contributed by atoms with van der Waals surface area (Å²) in [6.07, 6.45) is 4.74. The van der Waals surface area contributed by atoms with Crippen LogP contribution in [0.15, 0.2) is 66.5 Å². The van der Waals surface area contributed by atoms with E-state index in [2.05, 4.69) is 15.6 Å². The molecule has 0 unspecified atom stereocenters. The SMILES string of the molecule is CCc1cccc(CC)c1NC(=O)/C(C#N)=C\Nc1cccc2cccnc12. The van der Waals surface area contributed by atoms with E-state index in [0.29, 0.717) is 0 Å². The van der Waals surface area contributed by atoms with Crippen molar-refractivity contribution >= 4 is 28.2 Å². The summed E-state index contributed by atoms with van der Waals surface area (Å²) in [5.74, 6) is -0.432. The molecule has 0 spiro atoms. The molecule has 1 aromatic heterocycles. The maximum Gasteiger partial charge on any atom is 0.267 e. The van der Waals surface area contributed by atoms with Crippen molar-refractivity contribution in [3.05, 3.63) is 77.6 Å². The molecule has 0 saturated carbocycles. The summed E-state index contributed by atoms with van der Waals surface area (Å²) in [5, 5.41) is 16.4. The average molecular weight is 370 g/mol. The Morgan fingerprint density at radius 2 is 1.75 bits per heavy atom. The van der Waals surface area contributed by atoms with Gasteiger partial charge in [-0.3, -0.25) is 9.78 Å². The molecule has 2 aromatic carbocycles. The van der Waals surface area contributed by atoms with Crippen molar-refractivity contribution in [1.82, 2.24) is 4.98 Å². The highest BCUT2D eigenvalue weighted by atomic mass is 16.1. The van der Waals surface area contributed by atoms with E-state index in [1.165, 1.54) is 6.20 Å². The fourth-order valence-corrected chi connectivity index (χ4v) is 3.10. The third-order valence-electron chi connectivity index (χ3n) is 4.61. The van der Waals surface area contributed by atoms with Crippen LogP contribution >= 0.6 is 0 Å². The number of hydrogen-bond acceptors (Lipinski definition) is 4. The number of nitriles is 1. The number of aryl methyl sites for hydroxylation is 2. The number of carbonyl (C=O) groups excluding carboxylic acids is 1. The molecule has 3 aromatic rings. The molecule has 140 valence electrons. The number of carbonyl (C=O) groups is 1. The molecule has 0 aliphatic heterocycles. The highest BCUT2D eigenvalue weighted by Gasteiger charge is 2.14. The summed E-state index contributed by atoms with van der Waals surface area (Å²) in [7, 11) is 0. The predicted octanol–water partition coefficient (Wildman–Crippen LogP) is 4.82. The van der Waals surface area contributed by atoms with Gasteiger partial charge in [0.25, 0.3) is 5.91 Å². The van der Waals surface area contributed by atoms with Gasteiger partial charge in [-0.05, 0) is 36.1 Å². The lowest BCUT2D eigenvalue weighted by atomic mass is 10.0. The first-order chi connectivity index (χ1) is 13.7. The number of para-hydroxylation sites is 2. The summed E-state index contributed by atoms with van der Waals surface area (Å²) in [6.45, 7) is 4.08. The number of nitrogens with one attached hydrogen (secondary N) is 2. The molecule has 0 saturated heterocycles. The number of rotatable bonds is 6. The van der Waals surface area contributed by atoms with Gasteiger partial charge in [-0.15, -0.1) is 0 Å². The van der Waals surface area contributed by atoms with Gasteiger partial charge in [0.05, 0.1) is 11.2 Å². The van der Waals surface area contributed by atoms with Crippen LogP contribution in [0.4, 0.5) is 11.4 Å². The van der Waals surface area contributed by atoms with Crippen molar-refractivity contribution in [2.24, 2.45) is 0 Å². The van der Waals surface area contributed by atoms with Crippen LogP contribution in [0.5, 0.6) is 0 Å². The molecule has 0 atom stereocenters. The van der Waals surface area contributed by atoms with Gasteiger partial charge in [0.1, 0.15) is 11.6 Å². The number of pyridine rings is 1. The number of benzene rings is 2. The van der Waals surface area contributed by atoms with Crippen LogP contribution in [0, 0.1) is 11.3 Å². The maximum absolute atomic E-state index is 12.7. The van der Waals surface area contributed by atoms with E-state index in [-0.39, 0.29) is 5.57 Å². The quantitative estimate of drug-likeness (QED) is 0.482. The minimum absolute atomic E-state index is 0.000827. The zero-order valence-corrected chi connectivity index (χ0v) is 16.0. The number of hydrogen-bond donors (Lipinski definition) is 2. The zero-order chi connectivity index (χ0) is 19.9. The van der Waals surface area contributed by atoms with E-state index < -0.39 is 5.91 Å². The molecule has 5 heteroatoms. The topological polar surface area (TPSA) is 77.8 Å². The standard InChI is InChI=1S/C23H22N4O/c1-3-16-8-5-9-17(4-2)21(16)27-23(28)19(14-24)15-26-20-12-6-10-18-11-7-13-25-22(18)20/h5-13,15,26H,3-4H2,1-2H3,(H,27,28)/b19-15-. The highest BCUT2D eigenvalue weighted by molar-refractivity contribution is 6.07. The Kier molecular flexibility index (Phi) is 6.03. The molecule has 0 bridgehead atoms. The molecule has 28 heavy (non-hydrogen) atoms. The number of amides is 1. The molecule has 1 heterocycles. The number of nitrogens with zero attached hydrogens (tertiary/aromatic N) is 2. The summed E-state index contributed by atoms with van der Waals surface area (Å²) in [5.41, 5.74) is 4.42. The summed E-state index contributed by atoms with van der Waals surface area (Å²) in [4.78, 5) is 17.1. The van der Waals surface area contributed by atoms with Crippen molar-refractivity contribution in [3.8, 4) is 6.07 Å². The van der Waals surface area contributed by atoms with E-state index in [1.807, 2.05) is 68.4 Å². The lowest BCUT2D eigenvalue weighted by molar-refractivity contribution is -0.112. The maximum atomic E-state index is 12.7. The lowest BCUT2D eigenvalue weighted by Gasteiger charge is -2.14. The monoisotopic (exact) mass is 370 g/mol. The summed E-state index contributed by atoms with van der Waals surface area (Å²) in [6, 6.07) is 17.5. The fraction of sp³-hybridized carbons (Fsp3) is 0.174. The fourth-order valence-electron chi connectivity index (χ4n) is 3.10. The van der Waals surface area contributed by atoms with Crippen LogP contribution in [-0.2, 0) is 17.6 Å². The van der Waals surface area contributed by atoms with E-state index >= 15 is 0 Å². The summed E-state index contributed by atoms with van der Waals surface area (Å²) < 4.78 is 0. The van der Waals surface area contributed by atoms with Crippen LogP contribution in [0.1, 0.15) is 25.0 Å². The Morgan fingerprint density at radius 3 is 2.43 bits per heavy atom. The highest BCUT2D eigenvalue weighted by Crippen LogP contribution is 2.24. The molecule has 2 N–H and O–H groups in total. The second-order valence-corrected chi connectivity index (χ2v) is 6.31. The van der Waals surface area contributed by atoms with Crippen molar-refractivity contribution in [3.63, 3.8) is 0 Å². The first kappa shape index (κ1) is 19.1. The number of fused-ring (bicyclic) bond motifs is 1. The minimum Gasteiger partial charge on any atom is -0.358 e. The zero-order valence-electron chi connectivity index (χ0n) is 16.0. The van der Waals surface area contributed by atoms with Crippen LogP contribution < -0.4 is 10.6 Å². The van der Waals surface area contributed by atoms with Crippen LogP contribution in [0.2, 0.25) is 0 Å². The van der Waals surface area contributed by atoms with E-state index in [0.717, 1.165) is 46.2 Å². The molecular weight excluding hydrogens is 348 g/mol. The van der Waals surface area contributed by atoms with E-state index in [4.69, 9.17) is 0 Å². The number of aromatic nitrogens is 1. The lowest BCUT2D eigenvalue weighted by Crippen LogP contribution is -2.17. The Labute approximate surface area is 164 Å². The Bertz CT molecular complexity index is 1050. The third kappa shape index (κ3) is 4.02. The Hall–Kier alpha value is -3.65. The van der Waals surface area contributed by atoms with E-state index in [9.17, 15) is 10.1 Å². The Balaban J connectivity index is 1.86. The summed E-state index contributed by atoms with van der Waals surface area (Å²) >= 11 is 0. The molecule has 0 radical (unpaired) electrons. The van der Waals surface area contributed by atoms with Crippen molar-refractivity contribution < 1.29 is 4.79 Å². The van der Waals surface area contributed by atoms with Crippen LogP contribution in [-0.4, -0.2) is 10.9 Å². The van der Waals surface area contributed by atoms with Gasteiger partial charge >= 0.3 is 0 Å². The van der Waals surface area contributed by atoms with Gasteiger partial charge in [0.15, 0.2) is 0 Å². The van der Waals surface area contributed by atoms with Gasteiger partial charge in [0, 0.05) is 23.5 Å². The smallest absolute Gasteiger partial charge is 0.267 e. The average Bonchev–Trinajstić information content (AvgIpc) is 2.74. The van der Waals surface area contributed by atoms with Crippen molar-refractivity contribution in [2.45, 2.75) is 26.7 Å². The molecule has 1 amide bonds. The van der Waals surface area contributed by atoms with Gasteiger partial charge in [0.2, 0.25) is 0 Å². The predicted molar refractivity (Wildman–Crippen MR) is 113 cm³/mol. The second-order valence-electron chi connectivity index (χ2n) is 6.31. The Morgan fingerprint density at radius 1 is 1.07 bits per heavy atom. The second kappa shape index (κ2) is 8.83. The molecule has 0 aliphatic rings. The van der Waals surface area contributed by atoms with Gasteiger partial charge in [-0.25, -0.2) is 0 Å². The largest absolute Gasteiger partial charge is 0.358 e. The molecule has 0 aliphatic carbocycles. The molecule has 3 rings (SSSR count).